The van der Waals surface area contributed by atoms with Crippen molar-refractivity contribution in [3.05, 3.63) is 71.8 Å². The zero-order chi connectivity index (χ0) is 24.0. The van der Waals surface area contributed by atoms with Crippen LogP contribution in [-0.4, -0.2) is 40.4 Å². The van der Waals surface area contributed by atoms with E-state index in [1.165, 1.54) is 24.5 Å². The largest absolute Gasteiger partial charge is 0.339 e. The summed E-state index contributed by atoms with van der Waals surface area (Å²) < 4.78 is 14.2. The molecular formula is C29H31FN4O. The van der Waals surface area contributed by atoms with Crippen LogP contribution in [0.2, 0.25) is 0 Å². The van der Waals surface area contributed by atoms with Crippen molar-refractivity contribution in [3.8, 4) is 11.1 Å². The number of hydrogen-bond acceptors (Lipinski definition) is 4. The molecule has 1 aromatic heterocycles. The van der Waals surface area contributed by atoms with Crippen LogP contribution in [0.4, 0.5) is 16.0 Å². The van der Waals surface area contributed by atoms with Gasteiger partial charge in [-0.05, 0) is 55.4 Å². The smallest absolute Gasteiger partial charge is 0.253 e. The Morgan fingerprint density at radius 3 is 2.51 bits per heavy atom. The Balaban J connectivity index is 1.26. The first-order valence-corrected chi connectivity index (χ1v) is 12.9. The van der Waals surface area contributed by atoms with Crippen LogP contribution in [0.15, 0.2) is 54.9 Å². The molecule has 3 aromatic rings. The van der Waals surface area contributed by atoms with Crippen LogP contribution in [0.5, 0.6) is 0 Å². The highest BCUT2D eigenvalue weighted by atomic mass is 19.1. The van der Waals surface area contributed by atoms with E-state index in [1.54, 1.807) is 24.5 Å². The highest BCUT2D eigenvalue weighted by molar-refractivity contribution is 5.96. The molecule has 1 aliphatic carbocycles. The van der Waals surface area contributed by atoms with E-state index in [2.05, 4.69) is 27.9 Å². The Morgan fingerprint density at radius 1 is 1.09 bits per heavy atom. The molecule has 1 amide bonds. The van der Waals surface area contributed by atoms with Gasteiger partial charge >= 0.3 is 0 Å². The van der Waals surface area contributed by atoms with Crippen LogP contribution in [-0.2, 0) is 5.41 Å². The molecule has 1 saturated carbocycles. The number of carbonyl (C=O) groups excluding carboxylic acids is 1. The van der Waals surface area contributed by atoms with Gasteiger partial charge in [0.15, 0.2) is 0 Å². The van der Waals surface area contributed by atoms with E-state index < -0.39 is 0 Å². The third-order valence-electron chi connectivity index (χ3n) is 8.08. The van der Waals surface area contributed by atoms with Gasteiger partial charge in [-0.2, -0.15) is 0 Å². The summed E-state index contributed by atoms with van der Waals surface area (Å²) in [6.45, 7) is 4.74. The van der Waals surface area contributed by atoms with Gasteiger partial charge in [-0.3, -0.25) is 4.79 Å². The molecule has 0 radical (unpaired) electrons. The Labute approximate surface area is 206 Å². The van der Waals surface area contributed by atoms with Crippen molar-refractivity contribution in [2.24, 2.45) is 5.92 Å². The maximum absolute atomic E-state index is 14.2. The molecule has 3 aliphatic rings. The van der Waals surface area contributed by atoms with Gasteiger partial charge in [-0.1, -0.05) is 44.0 Å². The van der Waals surface area contributed by atoms with Crippen LogP contribution >= 0.6 is 0 Å². The first-order chi connectivity index (χ1) is 17.1. The average Bonchev–Trinajstić information content (AvgIpc) is 3.61. The fourth-order valence-electron chi connectivity index (χ4n) is 5.88. The highest BCUT2D eigenvalue weighted by Crippen LogP contribution is 2.57. The predicted octanol–water partition coefficient (Wildman–Crippen LogP) is 6.12. The van der Waals surface area contributed by atoms with Crippen molar-refractivity contribution < 1.29 is 9.18 Å². The van der Waals surface area contributed by atoms with Gasteiger partial charge in [-0.25, -0.2) is 14.4 Å². The van der Waals surface area contributed by atoms with Crippen molar-refractivity contribution in [2.45, 2.75) is 50.9 Å². The van der Waals surface area contributed by atoms with E-state index in [9.17, 15) is 9.18 Å². The number of hydrogen-bond donors (Lipinski definition) is 0. The van der Waals surface area contributed by atoms with Crippen LogP contribution in [0.1, 0.15) is 61.4 Å². The van der Waals surface area contributed by atoms with E-state index >= 15 is 0 Å². The van der Waals surface area contributed by atoms with E-state index in [0.717, 1.165) is 62.5 Å². The van der Waals surface area contributed by atoms with Crippen molar-refractivity contribution in [3.63, 3.8) is 0 Å². The normalized spacial score (nSPS) is 18.7. The first-order valence-electron chi connectivity index (χ1n) is 12.9. The molecule has 3 heterocycles. The third-order valence-corrected chi connectivity index (χ3v) is 8.08. The summed E-state index contributed by atoms with van der Waals surface area (Å²) in [5.74, 6) is 1.18. The Morgan fingerprint density at radius 2 is 1.83 bits per heavy atom. The molecule has 2 aliphatic heterocycles. The molecule has 0 N–H and O–H groups in total. The van der Waals surface area contributed by atoms with Gasteiger partial charge in [0.1, 0.15) is 5.82 Å². The lowest BCUT2D eigenvalue weighted by Gasteiger charge is -2.32. The van der Waals surface area contributed by atoms with Gasteiger partial charge in [0.25, 0.3) is 5.91 Å². The van der Waals surface area contributed by atoms with E-state index in [1.807, 2.05) is 23.1 Å². The van der Waals surface area contributed by atoms with Crippen molar-refractivity contribution in [1.29, 1.82) is 0 Å². The second kappa shape index (κ2) is 8.74. The Hall–Kier alpha value is -3.28. The zero-order valence-corrected chi connectivity index (χ0v) is 20.2. The van der Waals surface area contributed by atoms with Gasteiger partial charge in [0, 0.05) is 59.8 Å². The number of benzene rings is 2. The summed E-state index contributed by atoms with van der Waals surface area (Å²) in [5, 5.41) is 0. The van der Waals surface area contributed by atoms with Crippen molar-refractivity contribution in [1.82, 2.24) is 14.9 Å². The number of fused-ring (bicyclic) bond motifs is 2. The quantitative estimate of drug-likeness (QED) is 0.451. The minimum Gasteiger partial charge on any atom is -0.339 e. The maximum atomic E-state index is 14.2. The Bertz CT molecular complexity index is 1250. The highest BCUT2D eigenvalue weighted by Gasteiger charge is 2.52. The molecule has 6 rings (SSSR count). The summed E-state index contributed by atoms with van der Waals surface area (Å²) >= 11 is 0. The maximum Gasteiger partial charge on any atom is 0.253 e. The molecule has 1 saturated heterocycles. The number of nitrogens with zero attached hydrogens (tertiary/aromatic N) is 4. The molecule has 2 fully saturated rings. The van der Waals surface area contributed by atoms with E-state index in [-0.39, 0.29) is 17.1 Å². The summed E-state index contributed by atoms with van der Waals surface area (Å²) in [4.78, 5) is 26.7. The number of aromatic nitrogens is 2. The lowest BCUT2D eigenvalue weighted by molar-refractivity contribution is 0.0686. The summed E-state index contributed by atoms with van der Waals surface area (Å²) in [5.41, 5.74) is 4.36. The van der Waals surface area contributed by atoms with Crippen molar-refractivity contribution in [2.75, 3.05) is 24.5 Å². The fourth-order valence-corrected chi connectivity index (χ4v) is 5.88. The predicted molar refractivity (Wildman–Crippen MR) is 135 cm³/mol. The monoisotopic (exact) mass is 470 g/mol. The van der Waals surface area contributed by atoms with Crippen molar-refractivity contribution >= 4 is 17.5 Å². The Kier molecular flexibility index (Phi) is 5.54. The molecule has 0 atom stereocenters. The number of rotatable bonds is 5. The van der Waals surface area contributed by atoms with Gasteiger partial charge < -0.3 is 9.80 Å². The first kappa shape index (κ1) is 22.2. The fraction of sp³-hybridized carbons (Fsp3) is 0.414. The molecule has 180 valence electrons. The van der Waals surface area contributed by atoms with Gasteiger partial charge in [-0.15, -0.1) is 0 Å². The SMILES string of the molecule is CCCC1CCN(C(=O)c2ccc3c(c2)N(c2ncc(-c4ccccc4F)cn2)CC32CC2)CC1. The number of halogens is 1. The minimum atomic E-state index is -0.283. The number of likely N-dealkylation sites (tertiary alicyclic amines) is 1. The van der Waals surface area contributed by atoms with Crippen LogP contribution in [0.25, 0.3) is 11.1 Å². The molecule has 1 spiro atoms. The molecule has 2 aromatic carbocycles. The van der Waals surface area contributed by atoms with E-state index in [0.29, 0.717) is 17.1 Å². The van der Waals surface area contributed by atoms with Gasteiger partial charge in [0.05, 0.1) is 0 Å². The van der Waals surface area contributed by atoms with Gasteiger partial charge in [0.2, 0.25) is 5.95 Å². The lowest BCUT2D eigenvalue weighted by Crippen LogP contribution is -2.38. The second-order valence-electron chi connectivity index (χ2n) is 10.4. The average molecular weight is 471 g/mol. The number of anilines is 2. The molecular weight excluding hydrogens is 439 g/mol. The van der Waals surface area contributed by atoms with E-state index in [4.69, 9.17) is 0 Å². The number of carbonyl (C=O) groups is 1. The standard InChI is InChI=1S/C29H31FN4O/c1-2-5-20-10-14-33(15-11-20)27(35)21-8-9-24-26(16-21)34(19-29(24)12-13-29)28-31-17-22(18-32-28)23-6-3-4-7-25(23)30/h3-4,6-9,16-18,20H,2,5,10-15,19H2,1H3. The topological polar surface area (TPSA) is 49.3 Å². The molecule has 35 heavy (non-hydrogen) atoms. The molecule has 6 heteroatoms. The lowest BCUT2D eigenvalue weighted by atomic mass is 9.92. The molecule has 0 bridgehead atoms. The number of piperidine rings is 1. The van der Waals surface area contributed by atoms with Crippen LogP contribution in [0, 0.1) is 11.7 Å². The van der Waals surface area contributed by atoms with Crippen LogP contribution in [0.3, 0.4) is 0 Å². The minimum absolute atomic E-state index is 0.121. The third kappa shape index (κ3) is 3.99. The second-order valence-corrected chi connectivity index (χ2v) is 10.4. The number of amides is 1. The summed E-state index contributed by atoms with van der Waals surface area (Å²) in [7, 11) is 0. The molecule has 0 unspecified atom stereocenters. The summed E-state index contributed by atoms with van der Waals surface area (Å²) in [6.07, 6.45) is 10.3. The zero-order valence-electron chi connectivity index (χ0n) is 20.2. The van der Waals surface area contributed by atoms with Crippen LogP contribution < -0.4 is 4.90 Å². The summed E-state index contributed by atoms with van der Waals surface area (Å²) in [6, 6.07) is 12.9. The molecule has 5 nitrogen and oxygen atoms in total.